The van der Waals surface area contributed by atoms with Crippen LogP contribution in [0.5, 0.6) is 0 Å². The van der Waals surface area contributed by atoms with Crippen molar-refractivity contribution in [3.63, 3.8) is 0 Å². The van der Waals surface area contributed by atoms with Crippen LogP contribution in [0.2, 0.25) is 0 Å². The van der Waals surface area contributed by atoms with E-state index in [4.69, 9.17) is 0 Å². The number of benzene rings is 1. The standard InChI is InChI=1S/C20H32/c1-4-5-6-7-8-9-10-18-15-20-13-16(2)11-12-19(20)14-17(18)3/h14-16H,4-13H2,1-3H3. The van der Waals surface area contributed by atoms with Crippen molar-refractivity contribution in [3.8, 4) is 0 Å². The molecular weight excluding hydrogens is 240 g/mol. The van der Waals surface area contributed by atoms with Gasteiger partial charge in [-0.2, -0.15) is 0 Å². The van der Waals surface area contributed by atoms with Crippen molar-refractivity contribution in [1.29, 1.82) is 0 Å². The molecule has 0 spiro atoms. The van der Waals surface area contributed by atoms with E-state index >= 15 is 0 Å². The zero-order chi connectivity index (χ0) is 14.4. The molecule has 0 amide bonds. The van der Waals surface area contributed by atoms with Gasteiger partial charge in [-0.25, -0.2) is 0 Å². The predicted molar refractivity (Wildman–Crippen MR) is 89.4 cm³/mol. The van der Waals surface area contributed by atoms with E-state index in [1.165, 1.54) is 69.8 Å². The molecule has 112 valence electrons. The minimum atomic E-state index is 0.882. The SMILES string of the molecule is CCCCCCCCc1cc2c(cc1C)CCC(C)C2. The lowest BCUT2D eigenvalue weighted by Crippen LogP contribution is -2.12. The van der Waals surface area contributed by atoms with Crippen LogP contribution in [0, 0.1) is 12.8 Å². The molecule has 0 aromatic heterocycles. The van der Waals surface area contributed by atoms with Crippen LogP contribution in [0.3, 0.4) is 0 Å². The lowest BCUT2D eigenvalue weighted by atomic mass is 9.82. The second-order valence-electron chi connectivity index (χ2n) is 6.91. The van der Waals surface area contributed by atoms with Crippen LogP contribution >= 0.6 is 0 Å². The molecule has 20 heavy (non-hydrogen) atoms. The zero-order valence-electron chi connectivity index (χ0n) is 13.8. The average Bonchev–Trinajstić information content (AvgIpc) is 2.43. The molecule has 0 saturated carbocycles. The van der Waals surface area contributed by atoms with Gasteiger partial charge >= 0.3 is 0 Å². The molecule has 1 atom stereocenters. The van der Waals surface area contributed by atoms with Crippen LogP contribution in [0.25, 0.3) is 0 Å². The lowest BCUT2D eigenvalue weighted by Gasteiger charge is -2.23. The molecule has 0 bridgehead atoms. The Morgan fingerprint density at radius 1 is 1.00 bits per heavy atom. The second kappa shape index (κ2) is 7.86. The van der Waals surface area contributed by atoms with Gasteiger partial charge in [-0.1, -0.05) is 58.1 Å². The van der Waals surface area contributed by atoms with E-state index in [0.717, 1.165) is 5.92 Å². The first kappa shape index (κ1) is 15.6. The minimum absolute atomic E-state index is 0.882. The average molecular weight is 272 g/mol. The third kappa shape index (κ3) is 4.36. The summed E-state index contributed by atoms with van der Waals surface area (Å²) in [6.07, 6.45) is 13.7. The van der Waals surface area contributed by atoms with E-state index in [0.29, 0.717) is 0 Å². The summed E-state index contributed by atoms with van der Waals surface area (Å²) in [4.78, 5) is 0. The van der Waals surface area contributed by atoms with Crippen LogP contribution < -0.4 is 0 Å². The van der Waals surface area contributed by atoms with Gasteiger partial charge in [-0.15, -0.1) is 0 Å². The molecule has 0 radical (unpaired) electrons. The van der Waals surface area contributed by atoms with E-state index in [9.17, 15) is 0 Å². The molecule has 1 unspecified atom stereocenters. The van der Waals surface area contributed by atoms with Gasteiger partial charge in [0.2, 0.25) is 0 Å². The monoisotopic (exact) mass is 272 g/mol. The van der Waals surface area contributed by atoms with Gasteiger partial charge < -0.3 is 0 Å². The van der Waals surface area contributed by atoms with Crippen molar-refractivity contribution in [1.82, 2.24) is 0 Å². The summed E-state index contributed by atoms with van der Waals surface area (Å²) < 4.78 is 0. The van der Waals surface area contributed by atoms with Crippen LogP contribution in [-0.4, -0.2) is 0 Å². The van der Waals surface area contributed by atoms with Gasteiger partial charge in [0, 0.05) is 0 Å². The number of hydrogen-bond donors (Lipinski definition) is 0. The summed E-state index contributed by atoms with van der Waals surface area (Å²) in [7, 11) is 0. The maximum absolute atomic E-state index is 2.53. The van der Waals surface area contributed by atoms with Crippen LogP contribution in [-0.2, 0) is 19.3 Å². The molecule has 0 aliphatic heterocycles. The minimum Gasteiger partial charge on any atom is -0.0654 e. The molecule has 0 saturated heterocycles. The molecule has 2 rings (SSSR count). The van der Waals surface area contributed by atoms with Gasteiger partial charge in [0.1, 0.15) is 0 Å². The van der Waals surface area contributed by atoms with Gasteiger partial charge in [-0.05, 0) is 67.2 Å². The highest BCUT2D eigenvalue weighted by molar-refractivity contribution is 5.39. The fourth-order valence-electron chi connectivity index (χ4n) is 3.53. The fourth-order valence-corrected chi connectivity index (χ4v) is 3.53. The van der Waals surface area contributed by atoms with Crippen molar-refractivity contribution >= 4 is 0 Å². The van der Waals surface area contributed by atoms with Crippen molar-refractivity contribution in [2.45, 2.75) is 85.0 Å². The predicted octanol–water partition coefficient (Wildman–Crippen LogP) is 6.02. The van der Waals surface area contributed by atoms with Crippen LogP contribution in [0.4, 0.5) is 0 Å². The van der Waals surface area contributed by atoms with Gasteiger partial charge in [-0.3, -0.25) is 0 Å². The first-order valence-corrected chi connectivity index (χ1v) is 8.82. The third-order valence-electron chi connectivity index (χ3n) is 4.93. The first-order valence-electron chi connectivity index (χ1n) is 8.82. The molecule has 0 heteroatoms. The highest BCUT2D eigenvalue weighted by Crippen LogP contribution is 2.28. The quantitative estimate of drug-likeness (QED) is 0.532. The van der Waals surface area contributed by atoms with Gasteiger partial charge in [0.25, 0.3) is 0 Å². The summed E-state index contributed by atoms with van der Waals surface area (Å²) in [5.74, 6) is 0.882. The Kier molecular flexibility index (Phi) is 6.13. The van der Waals surface area contributed by atoms with E-state index in [2.05, 4.69) is 32.9 Å². The fraction of sp³-hybridized carbons (Fsp3) is 0.700. The number of hydrogen-bond acceptors (Lipinski definition) is 0. The van der Waals surface area contributed by atoms with Crippen molar-refractivity contribution < 1.29 is 0 Å². The molecule has 1 aliphatic rings. The summed E-state index contributed by atoms with van der Waals surface area (Å²) >= 11 is 0. The number of aryl methyl sites for hydroxylation is 3. The highest BCUT2D eigenvalue weighted by Gasteiger charge is 2.16. The Morgan fingerprint density at radius 2 is 1.75 bits per heavy atom. The Bertz CT molecular complexity index is 416. The summed E-state index contributed by atoms with van der Waals surface area (Å²) in [6.45, 7) is 7.00. The van der Waals surface area contributed by atoms with Gasteiger partial charge in [0.05, 0.1) is 0 Å². The van der Waals surface area contributed by atoms with Crippen LogP contribution in [0.1, 0.15) is 81.0 Å². The summed E-state index contributed by atoms with van der Waals surface area (Å²) in [5.41, 5.74) is 6.43. The van der Waals surface area contributed by atoms with E-state index in [1.54, 1.807) is 16.7 Å². The van der Waals surface area contributed by atoms with E-state index in [1.807, 2.05) is 0 Å². The van der Waals surface area contributed by atoms with Crippen LogP contribution in [0.15, 0.2) is 12.1 Å². The van der Waals surface area contributed by atoms with Crippen molar-refractivity contribution in [3.05, 3.63) is 34.4 Å². The molecule has 0 nitrogen and oxygen atoms in total. The molecule has 1 aromatic rings. The van der Waals surface area contributed by atoms with E-state index in [-0.39, 0.29) is 0 Å². The smallest absolute Gasteiger partial charge is 0.0250 e. The Hall–Kier alpha value is -0.780. The molecule has 0 fully saturated rings. The Labute approximate surface area is 126 Å². The molecule has 0 heterocycles. The number of rotatable bonds is 7. The van der Waals surface area contributed by atoms with Crippen molar-refractivity contribution in [2.24, 2.45) is 5.92 Å². The third-order valence-corrected chi connectivity index (χ3v) is 4.93. The Morgan fingerprint density at radius 3 is 2.55 bits per heavy atom. The summed E-state index contributed by atoms with van der Waals surface area (Å²) in [5, 5.41) is 0. The van der Waals surface area contributed by atoms with E-state index < -0.39 is 0 Å². The zero-order valence-corrected chi connectivity index (χ0v) is 13.8. The highest BCUT2D eigenvalue weighted by atomic mass is 14.2. The molecule has 0 N–H and O–H groups in total. The number of unbranched alkanes of at least 4 members (excludes halogenated alkanes) is 5. The summed E-state index contributed by atoms with van der Waals surface area (Å²) in [6, 6.07) is 5.01. The number of fused-ring (bicyclic) bond motifs is 1. The Balaban J connectivity index is 1.87. The maximum atomic E-state index is 2.53. The maximum Gasteiger partial charge on any atom is -0.0250 e. The normalized spacial score (nSPS) is 18.1. The molecular formula is C20H32. The largest absolute Gasteiger partial charge is 0.0654 e. The van der Waals surface area contributed by atoms with Gasteiger partial charge in [0.15, 0.2) is 0 Å². The second-order valence-corrected chi connectivity index (χ2v) is 6.91. The topological polar surface area (TPSA) is 0 Å². The van der Waals surface area contributed by atoms with Crippen molar-refractivity contribution in [2.75, 3.05) is 0 Å². The first-order chi connectivity index (χ1) is 9.70. The molecule has 1 aliphatic carbocycles. The lowest BCUT2D eigenvalue weighted by molar-refractivity contribution is 0.500. The molecule has 1 aromatic carbocycles.